The zero-order chi connectivity index (χ0) is 17.6. The number of likely N-dealkylation sites (tertiary alicyclic amines) is 1. The van der Waals surface area contributed by atoms with Crippen molar-refractivity contribution in [3.63, 3.8) is 0 Å². The van der Waals surface area contributed by atoms with Gasteiger partial charge in [-0.1, -0.05) is 12.1 Å². The van der Waals surface area contributed by atoms with Crippen LogP contribution in [0.15, 0.2) is 29.0 Å². The highest BCUT2D eigenvalue weighted by atomic mass is 16.5. The van der Waals surface area contributed by atoms with Crippen LogP contribution in [0.25, 0.3) is 0 Å². The van der Waals surface area contributed by atoms with Crippen LogP contribution in [0, 0.1) is 6.92 Å². The van der Waals surface area contributed by atoms with Crippen LogP contribution < -0.4 is 0 Å². The molecule has 0 bridgehead atoms. The lowest BCUT2D eigenvalue weighted by atomic mass is 10.1. The fraction of sp³-hybridized carbons (Fsp3) is 0.556. The van der Waals surface area contributed by atoms with Crippen molar-refractivity contribution in [2.45, 2.75) is 45.7 Å². The third-order valence-electron chi connectivity index (χ3n) is 4.75. The Hall–Kier alpha value is -2.28. The number of nitrogens with zero attached hydrogens (tertiary/aromatic N) is 5. The number of aromatic nitrogens is 3. The van der Waals surface area contributed by atoms with E-state index in [0.29, 0.717) is 24.0 Å². The number of amides is 1. The van der Waals surface area contributed by atoms with Crippen LogP contribution in [0.4, 0.5) is 0 Å². The van der Waals surface area contributed by atoms with Crippen molar-refractivity contribution >= 4 is 5.91 Å². The van der Waals surface area contributed by atoms with Gasteiger partial charge in [-0.25, -0.2) is 0 Å². The number of carbonyl (C=O) groups excluding carboxylic acids is 1. The molecule has 0 aromatic carbocycles. The van der Waals surface area contributed by atoms with Gasteiger partial charge in [0.2, 0.25) is 5.89 Å². The van der Waals surface area contributed by atoms with Crippen molar-refractivity contribution in [2.75, 3.05) is 19.6 Å². The van der Waals surface area contributed by atoms with Crippen LogP contribution in [0.3, 0.4) is 0 Å². The van der Waals surface area contributed by atoms with E-state index < -0.39 is 0 Å². The molecule has 2 aromatic rings. The van der Waals surface area contributed by atoms with E-state index in [1.165, 1.54) is 0 Å². The molecule has 1 saturated heterocycles. The van der Waals surface area contributed by atoms with Crippen LogP contribution in [-0.2, 0) is 6.54 Å². The molecule has 7 nitrogen and oxygen atoms in total. The average Bonchev–Trinajstić information content (AvgIpc) is 2.91. The summed E-state index contributed by atoms with van der Waals surface area (Å²) >= 11 is 0. The smallest absolute Gasteiger partial charge is 0.253 e. The minimum absolute atomic E-state index is 0.0971. The molecule has 0 spiro atoms. The molecule has 1 fully saturated rings. The minimum Gasteiger partial charge on any atom is -0.340 e. The number of rotatable bonds is 5. The number of carbonyl (C=O) groups is 1. The first-order chi connectivity index (χ1) is 12.2. The van der Waals surface area contributed by atoms with E-state index in [4.69, 9.17) is 4.52 Å². The monoisotopic (exact) mass is 343 g/mol. The Morgan fingerprint density at radius 2 is 2.12 bits per heavy atom. The zero-order valence-corrected chi connectivity index (χ0v) is 14.9. The number of aryl methyl sites for hydroxylation is 1. The second-order valence-electron chi connectivity index (χ2n) is 6.41. The van der Waals surface area contributed by atoms with Gasteiger partial charge in [0, 0.05) is 44.0 Å². The van der Waals surface area contributed by atoms with Crippen molar-refractivity contribution < 1.29 is 9.32 Å². The van der Waals surface area contributed by atoms with E-state index in [0.717, 1.165) is 44.7 Å². The van der Waals surface area contributed by atoms with E-state index in [-0.39, 0.29) is 5.91 Å². The normalized spacial score (nSPS) is 18.4. The summed E-state index contributed by atoms with van der Waals surface area (Å²) in [5.41, 5.74) is 0.711. The van der Waals surface area contributed by atoms with Gasteiger partial charge < -0.3 is 9.42 Å². The lowest BCUT2D eigenvalue weighted by Gasteiger charge is -2.28. The molecule has 1 aliphatic heterocycles. The van der Waals surface area contributed by atoms with E-state index in [2.05, 4.69) is 26.9 Å². The average molecular weight is 343 g/mol. The molecule has 0 aliphatic carbocycles. The number of hydrogen-bond donors (Lipinski definition) is 0. The highest BCUT2D eigenvalue weighted by molar-refractivity contribution is 5.94. The fourth-order valence-corrected chi connectivity index (χ4v) is 3.41. The Bertz CT molecular complexity index is 688. The Morgan fingerprint density at radius 3 is 2.80 bits per heavy atom. The van der Waals surface area contributed by atoms with Crippen molar-refractivity contribution in [1.82, 2.24) is 24.9 Å². The second-order valence-corrected chi connectivity index (χ2v) is 6.41. The van der Waals surface area contributed by atoms with Crippen LogP contribution in [0.2, 0.25) is 0 Å². The summed E-state index contributed by atoms with van der Waals surface area (Å²) in [6.45, 7) is 7.15. The summed E-state index contributed by atoms with van der Waals surface area (Å²) in [7, 11) is 0. The van der Waals surface area contributed by atoms with Crippen LogP contribution in [-0.4, -0.2) is 56.5 Å². The first-order valence-electron chi connectivity index (χ1n) is 8.90. The van der Waals surface area contributed by atoms with Gasteiger partial charge in [-0.3, -0.25) is 14.7 Å². The molecule has 0 unspecified atom stereocenters. The summed E-state index contributed by atoms with van der Waals surface area (Å²) < 4.78 is 5.07. The van der Waals surface area contributed by atoms with Crippen LogP contribution in [0.5, 0.6) is 0 Å². The third-order valence-corrected chi connectivity index (χ3v) is 4.75. The summed E-state index contributed by atoms with van der Waals surface area (Å²) in [6.07, 6.45) is 6.37. The molecule has 1 atom stereocenters. The van der Waals surface area contributed by atoms with Gasteiger partial charge in [-0.15, -0.1) is 0 Å². The maximum Gasteiger partial charge on any atom is 0.253 e. The standard InChI is InChI=1S/C18H25N5O2/c1-3-22(13-17-20-14(2)25-21-17)16-5-4-11-23(12-8-16)18(24)15-6-9-19-10-7-15/h6-7,9-10,16H,3-5,8,11-13H2,1-2H3/t16-/m1/s1. The number of pyridine rings is 1. The molecule has 7 heteroatoms. The van der Waals surface area contributed by atoms with Crippen molar-refractivity contribution in [3.05, 3.63) is 41.8 Å². The quantitative estimate of drug-likeness (QED) is 0.829. The first-order valence-corrected chi connectivity index (χ1v) is 8.90. The molecule has 0 saturated carbocycles. The van der Waals surface area contributed by atoms with Gasteiger partial charge in [0.05, 0.1) is 6.54 Å². The zero-order valence-electron chi connectivity index (χ0n) is 14.9. The highest BCUT2D eigenvalue weighted by Crippen LogP contribution is 2.20. The molecule has 25 heavy (non-hydrogen) atoms. The van der Waals surface area contributed by atoms with Gasteiger partial charge in [-0.05, 0) is 37.9 Å². The Morgan fingerprint density at radius 1 is 1.32 bits per heavy atom. The van der Waals surface area contributed by atoms with Gasteiger partial charge >= 0.3 is 0 Å². The fourth-order valence-electron chi connectivity index (χ4n) is 3.41. The summed E-state index contributed by atoms with van der Waals surface area (Å²) in [5.74, 6) is 1.43. The third kappa shape index (κ3) is 4.42. The summed E-state index contributed by atoms with van der Waals surface area (Å²) in [5, 5.41) is 4.01. The van der Waals surface area contributed by atoms with Crippen molar-refractivity contribution in [1.29, 1.82) is 0 Å². The summed E-state index contributed by atoms with van der Waals surface area (Å²) in [4.78, 5) is 25.3. The Balaban J connectivity index is 1.61. The van der Waals surface area contributed by atoms with E-state index in [1.807, 2.05) is 4.90 Å². The molecule has 2 aromatic heterocycles. The molecule has 1 amide bonds. The maximum absolute atomic E-state index is 12.6. The predicted molar refractivity (Wildman–Crippen MR) is 92.9 cm³/mol. The van der Waals surface area contributed by atoms with Crippen molar-refractivity contribution in [2.24, 2.45) is 0 Å². The van der Waals surface area contributed by atoms with Crippen molar-refractivity contribution in [3.8, 4) is 0 Å². The first kappa shape index (κ1) is 17.5. The topological polar surface area (TPSA) is 75.4 Å². The highest BCUT2D eigenvalue weighted by Gasteiger charge is 2.25. The van der Waals surface area contributed by atoms with Gasteiger partial charge in [0.1, 0.15) is 0 Å². The minimum atomic E-state index is 0.0971. The molecule has 1 aliphatic rings. The predicted octanol–water partition coefficient (Wildman–Crippen LogP) is 2.29. The van der Waals surface area contributed by atoms with E-state index in [1.54, 1.807) is 31.5 Å². The molecule has 0 radical (unpaired) electrons. The molecule has 134 valence electrons. The molecule has 3 rings (SSSR count). The SMILES string of the molecule is CCN(Cc1noc(C)n1)[C@@H]1CCCN(C(=O)c2ccncc2)CC1. The second kappa shape index (κ2) is 8.20. The molecular formula is C18H25N5O2. The summed E-state index contributed by atoms with van der Waals surface area (Å²) in [6, 6.07) is 3.99. The largest absolute Gasteiger partial charge is 0.340 e. The van der Waals surface area contributed by atoms with Gasteiger partial charge in [0.15, 0.2) is 5.82 Å². The van der Waals surface area contributed by atoms with Crippen LogP contribution >= 0.6 is 0 Å². The molecule has 3 heterocycles. The molecular weight excluding hydrogens is 318 g/mol. The number of hydrogen-bond acceptors (Lipinski definition) is 6. The van der Waals surface area contributed by atoms with E-state index >= 15 is 0 Å². The van der Waals surface area contributed by atoms with Gasteiger partial charge in [-0.2, -0.15) is 4.98 Å². The lowest BCUT2D eigenvalue weighted by Crippen LogP contribution is -2.37. The van der Waals surface area contributed by atoms with Crippen LogP contribution in [0.1, 0.15) is 48.3 Å². The lowest BCUT2D eigenvalue weighted by molar-refractivity contribution is 0.0755. The van der Waals surface area contributed by atoms with E-state index in [9.17, 15) is 4.79 Å². The maximum atomic E-state index is 12.6. The Labute approximate surface area is 148 Å². The van der Waals surface area contributed by atoms with Gasteiger partial charge in [0.25, 0.3) is 5.91 Å². The molecule has 0 N–H and O–H groups in total. The Kier molecular flexibility index (Phi) is 5.75.